The Morgan fingerprint density at radius 3 is 2.74 bits per heavy atom. The molecule has 1 aliphatic rings. The molecule has 0 unspecified atom stereocenters. The maximum Gasteiger partial charge on any atom is 0.260 e. The minimum absolute atomic E-state index is 0.283. The van der Waals surface area contributed by atoms with Crippen LogP contribution in [0.15, 0.2) is 30.6 Å². The van der Waals surface area contributed by atoms with Crippen LogP contribution in [-0.4, -0.2) is 26.6 Å². The predicted octanol–water partition coefficient (Wildman–Crippen LogP) is 3.52. The number of primary amides is 1. The predicted molar refractivity (Wildman–Crippen MR) is 104 cm³/mol. The average Bonchev–Trinajstić information content (AvgIpc) is 3.18. The molecule has 2 amide bonds. The number of anilines is 1. The number of thiazole rings is 1. The van der Waals surface area contributed by atoms with Crippen molar-refractivity contribution in [2.75, 3.05) is 5.32 Å². The van der Waals surface area contributed by atoms with Crippen molar-refractivity contribution in [3.05, 3.63) is 57.3 Å². The molecule has 1 aliphatic carbocycles. The number of halogens is 1. The van der Waals surface area contributed by atoms with Crippen LogP contribution in [0.4, 0.5) is 5.13 Å². The van der Waals surface area contributed by atoms with Gasteiger partial charge in [-0.2, -0.15) is 5.10 Å². The summed E-state index contributed by atoms with van der Waals surface area (Å²) in [6.45, 7) is 1.93. The molecule has 9 heteroatoms. The van der Waals surface area contributed by atoms with Gasteiger partial charge in [0.1, 0.15) is 4.88 Å². The minimum atomic E-state index is -0.573. The molecule has 3 aromatic rings. The molecule has 0 atom stereocenters. The van der Waals surface area contributed by atoms with Crippen molar-refractivity contribution >= 4 is 39.9 Å². The van der Waals surface area contributed by atoms with Gasteiger partial charge in [0.2, 0.25) is 0 Å². The monoisotopic (exact) mass is 401 g/mol. The molecule has 27 heavy (non-hydrogen) atoms. The third kappa shape index (κ3) is 3.45. The van der Waals surface area contributed by atoms with Crippen LogP contribution < -0.4 is 11.1 Å². The Morgan fingerprint density at radius 2 is 2.11 bits per heavy atom. The molecule has 3 N–H and O–H groups in total. The first kappa shape index (κ1) is 17.7. The van der Waals surface area contributed by atoms with E-state index in [0.29, 0.717) is 15.7 Å². The van der Waals surface area contributed by atoms with Gasteiger partial charge in [0.15, 0.2) is 5.13 Å². The summed E-state index contributed by atoms with van der Waals surface area (Å²) in [7, 11) is 0. The van der Waals surface area contributed by atoms with E-state index in [1.807, 2.05) is 25.1 Å². The van der Waals surface area contributed by atoms with Gasteiger partial charge < -0.3 is 5.73 Å². The first-order valence-corrected chi connectivity index (χ1v) is 9.55. The lowest BCUT2D eigenvalue weighted by Gasteiger charge is -2.10. The summed E-state index contributed by atoms with van der Waals surface area (Å²) in [6, 6.07) is 5.70. The van der Waals surface area contributed by atoms with Crippen molar-refractivity contribution in [3.8, 4) is 5.69 Å². The van der Waals surface area contributed by atoms with Crippen LogP contribution in [0.5, 0.6) is 0 Å². The van der Waals surface area contributed by atoms with Crippen LogP contribution in [0, 0.1) is 6.92 Å². The van der Waals surface area contributed by atoms with E-state index < -0.39 is 5.91 Å². The molecule has 0 radical (unpaired) electrons. The van der Waals surface area contributed by atoms with Gasteiger partial charge in [-0.15, -0.1) is 0 Å². The lowest BCUT2D eigenvalue weighted by Crippen LogP contribution is -2.14. The second kappa shape index (κ2) is 6.79. The Balaban J connectivity index is 1.66. The van der Waals surface area contributed by atoms with Crippen molar-refractivity contribution in [3.63, 3.8) is 0 Å². The number of nitrogens with two attached hydrogens (primary N) is 1. The molecule has 138 valence electrons. The highest BCUT2D eigenvalue weighted by Crippen LogP contribution is 2.42. The highest BCUT2D eigenvalue weighted by molar-refractivity contribution is 7.17. The summed E-state index contributed by atoms with van der Waals surface area (Å²) in [5.74, 6) is -0.603. The SMILES string of the molecule is Cc1ccc(-n2ncc(C(=O)Nc3ncc(C(N)=O)s3)c2C2CC2)cc1Cl. The van der Waals surface area contributed by atoms with Gasteiger partial charge in [0.25, 0.3) is 11.8 Å². The Bertz CT molecular complexity index is 1050. The first-order valence-electron chi connectivity index (χ1n) is 8.35. The number of nitrogens with zero attached hydrogens (tertiary/aromatic N) is 3. The van der Waals surface area contributed by atoms with E-state index in [-0.39, 0.29) is 16.7 Å². The molecule has 0 spiro atoms. The van der Waals surface area contributed by atoms with E-state index >= 15 is 0 Å². The molecular formula is C18H16ClN5O2S. The van der Waals surface area contributed by atoms with Crippen molar-refractivity contribution in [1.29, 1.82) is 0 Å². The van der Waals surface area contributed by atoms with Crippen LogP contribution >= 0.6 is 22.9 Å². The van der Waals surface area contributed by atoms with E-state index in [2.05, 4.69) is 15.4 Å². The van der Waals surface area contributed by atoms with E-state index in [1.54, 1.807) is 10.9 Å². The summed E-state index contributed by atoms with van der Waals surface area (Å²) in [5.41, 5.74) is 8.37. The number of hydrogen-bond donors (Lipinski definition) is 2. The molecule has 2 heterocycles. The lowest BCUT2D eigenvalue weighted by atomic mass is 10.1. The number of carbonyl (C=O) groups excluding carboxylic acids is 2. The van der Waals surface area contributed by atoms with Gasteiger partial charge >= 0.3 is 0 Å². The maximum atomic E-state index is 12.8. The van der Waals surface area contributed by atoms with Crippen LogP contribution in [0.2, 0.25) is 5.02 Å². The number of rotatable bonds is 5. The molecule has 1 aromatic carbocycles. The van der Waals surface area contributed by atoms with Gasteiger partial charge in [-0.25, -0.2) is 9.67 Å². The van der Waals surface area contributed by atoms with Crippen LogP contribution in [0.1, 0.15) is 50.0 Å². The Morgan fingerprint density at radius 1 is 1.33 bits per heavy atom. The van der Waals surface area contributed by atoms with E-state index in [0.717, 1.165) is 41.1 Å². The number of hydrogen-bond acceptors (Lipinski definition) is 5. The number of benzene rings is 1. The molecule has 2 aromatic heterocycles. The Kier molecular flexibility index (Phi) is 4.45. The van der Waals surface area contributed by atoms with Crippen LogP contribution in [-0.2, 0) is 0 Å². The second-order valence-corrected chi connectivity index (χ2v) is 7.85. The highest BCUT2D eigenvalue weighted by Gasteiger charge is 2.33. The lowest BCUT2D eigenvalue weighted by molar-refractivity contribution is 0.100. The third-order valence-electron chi connectivity index (χ3n) is 4.38. The van der Waals surface area contributed by atoms with Crippen LogP contribution in [0.25, 0.3) is 5.69 Å². The molecule has 7 nitrogen and oxygen atoms in total. The summed E-state index contributed by atoms with van der Waals surface area (Å²) < 4.78 is 1.77. The maximum absolute atomic E-state index is 12.8. The zero-order valence-electron chi connectivity index (χ0n) is 14.4. The van der Waals surface area contributed by atoms with Crippen LogP contribution in [0.3, 0.4) is 0 Å². The van der Waals surface area contributed by atoms with Gasteiger partial charge in [-0.1, -0.05) is 29.0 Å². The summed E-state index contributed by atoms with van der Waals surface area (Å²) in [4.78, 5) is 28.3. The third-order valence-corrected chi connectivity index (χ3v) is 5.72. The highest BCUT2D eigenvalue weighted by atomic mass is 35.5. The quantitative estimate of drug-likeness (QED) is 0.682. The van der Waals surface area contributed by atoms with Gasteiger partial charge in [-0.3, -0.25) is 14.9 Å². The van der Waals surface area contributed by atoms with Crippen molar-refractivity contribution in [2.24, 2.45) is 5.73 Å². The standard InChI is InChI=1S/C18H16ClN5O2S/c1-9-2-5-11(6-13(9)19)24-15(10-3-4-10)12(7-22-24)17(26)23-18-21-8-14(27-18)16(20)25/h2,5-8,10H,3-4H2,1H3,(H2,20,25)(H,21,23,26). The Labute approximate surface area is 164 Å². The zero-order valence-corrected chi connectivity index (χ0v) is 16.0. The van der Waals surface area contributed by atoms with Gasteiger partial charge in [0, 0.05) is 10.9 Å². The fraction of sp³-hybridized carbons (Fsp3) is 0.222. The van der Waals surface area contributed by atoms with E-state index in [1.165, 1.54) is 6.20 Å². The summed E-state index contributed by atoms with van der Waals surface area (Å²) in [6.07, 6.45) is 4.92. The molecule has 1 fully saturated rings. The van der Waals surface area contributed by atoms with E-state index in [4.69, 9.17) is 17.3 Å². The number of aromatic nitrogens is 3. The van der Waals surface area contributed by atoms with Crippen molar-refractivity contribution in [2.45, 2.75) is 25.7 Å². The average molecular weight is 402 g/mol. The normalized spacial score (nSPS) is 13.6. The fourth-order valence-electron chi connectivity index (χ4n) is 2.81. The largest absolute Gasteiger partial charge is 0.365 e. The molecular weight excluding hydrogens is 386 g/mol. The minimum Gasteiger partial charge on any atom is -0.365 e. The van der Waals surface area contributed by atoms with E-state index in [9.17, 15) is 9.59 Å². The number of carbonyl (C=O) groups is 2. The van der Waals surface area contributed by atoms with Crippen molar-refractivity contribution in [1.82, 2.24) is 14.8 Å². The second-order valence-electron chi connectivity index (χ2n) is 6.41. The smallest absolute Gasteiger partial charge is 0.260 e. The number of amides is 2. The number of aryl methyl sites for hydroxylation is 1. The topological polar surface area (TPSA) is 103 Å². The van der Waals surface area contributed by atoms with Crippen molar-refractivity contribution < 1.29 is 9.59 Å². The molecule has 4 rings (SSSR count). The molecule has 0 bridgehead atoms. The van der Waals surface area contributed by atoms with Gasteiger partial charge in [-0.05, 0) is 37.5 Å². The fourth-order valence-corrected chi connectivity index (χ4v) is 3.65. The first-order chi connectivity index (χ1) is 12.9. The summed E-state index contributed by atoms with van der Waals surface area (Å²) in [5, 5.41) is 8.12. The Hall–Kier alpha value is -2.71. The molecule has 0 aliphatic heterocycles. The number of nitrogens with one attached hydrogen (secondary N) is 1. The molecule has 0 saturated heterocycles. The van der Waals surface area contributed by atoms with Gasteiger partial charge in [0.05, 0.1) is 29.3 Å². The zero-order chi connectivity index (χ0) is 19.1. The molecule has 1 saturated carbocycles. The summed E-state index contributed by atoms with van der Waals surface area (Å²) >= 11 is 7.29.